The molecule has 1 aromatic rings. The molecule has 2 atom stereocenters. The second-order valence-electron chi connectivity index (χ2n) is 5.23. The minimum atomic E-state index is 0.756. The first-order valence-corrected chi connectivity index (χ1v) is 7.58. The van der Waals surface area contributed by atoms with E-state index in [2.05, 4.69) is 56.2 Å². The predicted molar refractivity (Wildman–Crippen MR) is 77.7 cm³/mol. The highest BCUT2D eigenvalue weighted by Gasteiger charge is 2.23. The summed E-state index contributed by atoms with van der Waals surface area (Å²) in [6.07, 6.45) is 4.06. The largest absolute Gasteiger partial charge is 0.317 e. The molecule has 1 fully saturated rings. The average Bonchev–Trinajstić information content (AvgIpc) is 2.73. The molecule has 1 aliphatic rings. The monoisotopic (exact) mass is 249 g/mol. The van der Waals surface area contributed by atoms with Crippen molar-refractivity contribution >= 4 is 11.8 Å². The highest BCUT2D eigenvalue weighted by molar-refractivity contribution is 7.99. The SMILES string of the molecule is CNC1CCC(SCc2cc(C)cc(C)c2)C1. The molecule has 0 amide bonds. The van der Waals surface area contributed by atoms with Gasteiger partial charge < -0.3 is 5.32 Å². The summed E-state index contributed by atoms with van der Waals surface area (Å²) in [6.45, 7) is 4.38. The highest BCUT2D eigenvalue weighted by atomic mass is 32.2. The normalized spacial score (nSPS) is 24.2. The lowest BCUT2D eigenvalue weighted by Crippen LogP contribution is -2.21. The van der Waals surface area contributed by atoms with Crippen LogP contribution in [0.4, 0.5) is 0 Å². The predicted octanol–water partition coefficient (Wildman–Crippen LogP) is 3.68. The van der Waals surface area contributed by atoms with Gasteiger partial charge in [0.2, 0.25) is 0 Å². The van der Waals surface area contributed by atoms with Crippen LogP contribution in [0.15, 0.2) is 18.2 Å². The van der Waals surface area contributed by atoms with Crippen molar-refractivity contribution in [1.29, 1.82) is 0 Å². The van der Waals surface area contributed by atoms with Crippen molar-refractivity contribution in [3.63, 3.8) is 0 Å². The van der Waals surface area contributed by atoms with Crippen LogP contribution in [0.2, 0.25) is 0 Å². The van der Waals surface area contributed by atoms with E-state index in [4.69, 9.17) is 0 Å². The molecule has 0 saturated heterocycles. The molecule has 0 aromatic heterocycles. The maximum Gasteiger partial charge on any atom is 0.0187 e. The van der Waals surface area contributed by atoms with Gasteiger partial charge in [0.25, 0.3) is 0 Å². The lowest BCUT2D eigenvalue weighted by molar-refractivity contribution is 0.583. The third kappa shape index (κ3) is 3.75. The number of nitrogens with one attached hydrogen (secondary N) is 1. The molecule has 1 N–H and O–H groups in total. The number of aryl methyl sites for hydroxylation is 2. The Balaban J connectivity index is 1.85. The Morgan fingerprint density at radius 2 is 1.88 bits per heavy atom. The Hall–Kier alpha value is -0.470. The lowest BCUT2D eigenvalue weighted by Gasteiger charge is -2.11. The van der Waals surface area contributed by atoms with E-state index in [-0.39, 0.29) is 0 Å². The molecule has 17 heavy (non-hydrogen) atoms. The minimum absolute atomic E-state index is 0.756. The van der Waals surface area contributed by atoms with E-state index in [1.54, 1.807) is 0 Å². The summed E-state index contributed by atoms with van der Waals surface area (Å²) in [5, 5.41) is 4.25. The topological polar surface area (TPSA) is 12.0 Å². The van der Waals surface area contributed by atoms with Crippen molar-refractivity contribution in [1.82, 2.24) is 5.32 Å². The molecule has 0 heterocycles. The van der Waals surface area contributed by atoms with Gasteiger partial charge in [0, 0.05) is 17.0 Å². The van der Waals surface area contributed by atoms with Gasteiger partial charge in [0.15, 0.2) is 0 Å². The molecule has 0 radical (unpaired) electrons. The Kier molecular flexibility index (Phi) is 4.52. The summed E-state index contributed by atoms with van der Waals surface area (Å²) in [7, 11) is 2.08. The first-order chi connectivity index (χ1) is 8.17. The van der Waals surface area contributed by atoms with Gasteiger partial charge in [-0.2, -0.15) is 11.8 Å². The molecule has 94 valence electrons. The summed E-state index contributed by atoms with van der Waals surface area (Å²) >= 11 is 2.13. The molecule has 1 aliphatic carbocycles. The Morgan fingerprint density at radius 3 is 2.47 bits per heavy atom. The Bertz CT molecular complexity index is 355. The van der Waals surface area contributed by atoms with Crippen LogP contribution in [0.1, 0.15) is 36.0 Å². The van der Waals surface area contributed by atoms with Crippen molar-refractivity contribution in [3.8, 4) is 0 Å². The van der Waals surface area contributed by atoms with Crippen LogP contribution in [-0.2, 0) is 5.75 Å². The lowest BCUT2D eigenvalue weighted by atomic mass is 10.1. The van der Waals surface area contributed by atoms with Gasteiger partial charge in [0.1, 0.15) is 0 Å². The van der Waals surface area contributed by atoms with Crippen LogP contribution >= 0.6 is 11.8 Å². The summed E-state index contributed by atoms with van der Waals surface area (Å²) < 4.78 is 0. The number of hydrogen-bond acceptors (Lipinski definition) is 2. The van der Waals surface area contributed by atoms with E-state index >= 15 is 0 Å². The molecule has 1 nitrogen and oxygen atoms in total. The zero-order valence-corrected chi connectivity index (χ0v) is 11.9. The third-order valence-electron chi connectivity index (χ3n) is 3.56. The smallest absolute Gasteiger partial charge is 0.0187 e. The molecule has 1 aromatic carbocycles. The molecule has 1 saturated carbocycles. The zero-order chi connectivity index (χ0) is 12.3. The first kappa shape index (κ1) is 13.0. The van der Waals surface area contributed by atoms with Crippen LogP contribution in [0.3, 0.4) is 0 Å². The molecule has 2 rings (SSSR count). The van der Waals surface area contributed by atoms with Crippen molar-refractivity contribution < 1.29 is 0 Å². The van der Waals surface area contributed by atoms with Gasteiger partial charge in [0.05, 0.1) is 0 Å². The van der Waals surface area contributed by atoms with Crippen molar-refractivity contribution in [2.24, 2.45) is 0 Å². The van der Waals surface area contributed by atoms with E-state index in [1.165, 1.54) is 41.7 Å². The fraction of sp³-hybridized carbons (Fsp3) is 0.600. The van der Waals surface area contributed by atoms with Gasteiger partial charge in [-0.25, -0.2) is 0 Å². The van der Waals surface area contributed by atoms with Gasteiger partial charge in [-0.15, -0.1) is 0 Å². The molecule has 0 aliphatic heterocycles. The van der Waals surface area contributed by atoms with E-state index < -0.39 is 0 Å². The second-order valence-corrected chi connectivity index (χ2v) is 6.52. The Labute approximate surface area is 109 Å². The Morgan fingerprint density at radius 1 is 1.18 bits per heavy atom. The van der Waals surface area contributed by atoms with E-state index in [1.807, 2.05) is 0 Å². The van der Waals surface area contributed by atoms with Crippen LogP contribution in [0.25, 0.3) is 0 Å². The van der Waals surface area contributed by atoms with Gasteiger partial charge in [-0.3, -0.25) is 0 Å². The van der Waals surface area contributed by atoms with Crippen molar-refractivity contribution in [2.75, 3.05) is 7.05 Å². The van der Waals surface area contributed by atoms with Crippen LogP contribution in [-0.4, -0.2) is 18.3 Å². The minimum Gasteiger partial charge on any atom is -0.317 e. The molecular formula is C15H23NS. The van der Waals surface area contributed by atoms with Gasteiger partial charge in [-0.05, 0) is 45.7 Å². The molecule has 0 bridgehead atoms. The molecular weight excluding hydrogens is 226 g/mol. The zero-order valence-electron chi connectivity index (χ0n) is 11.1. The quantitative estimate of drug-likeness (QED) is 0.873. The molecule has 2 unspecified atom stereocenters. The number of thioether (sulfide) groups is 1. The van der Waals surface area contributed by atoms with Crippen LogP contribution in [0, 0.1) is 13.8 Å². The molecule has 2 heteroatoms. The van der Waals surface area contributed by atoms with E-state index in [0.29, 0.717) is 0 Å². The van der Waals surface area contributed by atoms with Crippen LogP contribution < -0.4 is 5.32 Å². The van der Waals surface area contributed by atoms with E-state index in [0.717, 1.165) is 11.3 Å². The summed E-state index contributed by atoms with van der Waals surface area (Å²) in [5.41, 5.74) is 4.26. The first-order valence-electron chi connectivity index (χ1n) is 6.53. The van der Waals surface area contributed by atoms with E-state index in [9.17, 15) is 0 Å². The second kappa shape index (κ2) is 5.92. The number of benzene rings is 1. The fourth-order valence-corrected chi connectivity index (χ4v) is 3.99. The maximum atomic E-state index is 3.40. The maximum absolute atomic E-state index is 3.40. The van der Waals surface area contributed by atoms with Gasteiger partial charge >= 0.3 is 0 Å². The average molecular weight is 249 g/mol. The van der Waals surface area contributed by atoms with Gasteiger partial charge in [-0.1, -0.05) is 29.3 Å². The summed E-state index contributed by atoms with van der Waals surface area (Å²) in [6, 6.07) is 7.65. The summed E-state index contributed by atoms with van der Waals surface area (Å²) in [4.78, 5) is 0. The number of rotatable bonds is 4. The summed E-state index contributed by atoms with van der Waals surface area (Å²) in [5.74, 6) is 1.17. The van der Waals surface area contributed by atoms with Crippen LogP contribution in [0.5, 0.6) is 0 Å². The highest BCUT2D eigenvalue weighted by Crippen LogP contribution is 2.32. The third-order valence-corrected chi connectivity index (χ3v) is 4.96. The fourth-order valence-electron chi connectivity index (χ4n) is 2.72. The number of hydrogen-bond donors (Lipinski definition) is 1. The van der Waals surface area contributed by atoms with Crippen molar-refractivity contribution in [2.45, 2.75) is 50.2 Å². The standard InChI is InChI=1S/C15H23NS/c1-11-6-12(2)8-13(7-11)10-17-15-5-4-14(9-15)16-3/h6-8,14-16H,4-5,9-10H2,1-3H3. The molecule has 0 spiro atoms. The van der Waals surface area contributed by atoms with Crippen molar-refractivity contribution in [3.05, 3.63) is 34.9 Å².